The van der Waals surface area contributed by atoms with E-state index in [9.17, 15) is 0 Å². The molecule has 0 aliphatic carbocycles. The predicted molar refractivity (Wildman–Crippen MR) is 34.1 cm³/mol. The Morgan fingerprint density at radius 3 is 1.17 bits per heavy atom. The van der Waals surface area contributed by atoms with Gasteiger partial charge < -0.3 is 19.8 Å². The first kappa shape index (κ1) is 17.3. The predicted octanol–water partition coefficient (Wildman–Crippen LogP) is -3.14. The SMILES string of the molecule is CC(=O)[O-].CC(=O)[O-].O=[N+]([O-])[Bi+2]. The van der Waals surface area contributed by atoms with Gasteiger partial charge in [-0.3, -0.25) is 0 Å². The minimum absolute atomic E-state index is 0.235. The molecule has 0 unspecified atom stereocenters. The Kier molecular flexibility index (Phi) is 18.6. The zero-order chi connectivity index (χ0) is 10.7. The molecule has 2 radical (unpaired) electrons. The van der Waals surface area contributed by atoms with Crippen LogP contribution in [-0.2, 0) is 9.59 Å². The van der Waals surface area contributed by atoms with E-state index in [-0.39, 0.29) is 27.9 Å². The molecule has 0 aliphatic rings. The zero-order valence-electron chi connectivity index (χ0n) is 6.34. The van der Waals surface area contributed by atoms with Crippen LogP contribution >= 0.6 is 0 Å². The molecule has 0 aromatic carbocycles. The van der Waals surface area contributed by atoms with Crippen molar-refractivity contribution in [3.63, 3.8) is 0 Å². The number of carboxylic acid groups (broad SMARTS) is 2. The fourth-order valence-electron chi connectivity index (χ4n) is 0. The van der Waals surface area contributed by atoms with Crippen molar-refractivity contribution >= 4 is 36.9 Å². The summed E-state index contributed by atoms with van der Waals surface area (Å²) >= 11 is 0.235. The van der Waals surface area contributed by atoms with Crippen LogP contribution in [0.25, 0.3) is 0 Å². The van der Waals surface area contributed by atoms with E-state index < -0.39 is 11.9 Å². The van der Waals surface area contributed by atoms with Crippen molar-refractivity contribution in [3.05, 3.63) is 10.1 Å². The van der Waals surface area contributed by atoms with Gasteiger partial charge in [0, 0.05) is 11.9 Å². The summed E-state index contributed by atoms with van der Waals surface area (Å²) in [6, 6.07) is 0. The molecule has 12 heavy (non-hydrogen) atoms. The molecule has 0 amide bonds. The number of rotatable bonds is 0. The number of nitrogens with zero attached hydrogens (tertiary/aromatic N) is 1. The number of nitro groups is 1. The number of aliphatic carboxylic acids is 2. The number of carboxylic acids is 2. The molecule has 68 valence electrons. The summed E-state index contributed by atoms with van der Waals surface area (Å²) in [5, 5.41) is 26.6. The van der Waals surface area contributed by atoms with E-state index in [1.54, 1.807) is 0 Å². The summed E-state index contributed by atoms with van der Waals surface area (Å²) in [5.74, 6) is -2.17. The fraction of sp³-hybridized carbons (Fsp3) is 0.500. The van der Waals surface area contributed by atoms with Gasteiger partial charge in [0.05, 0.1) is 0 Å². The molecule has 0 atom stereocenters. The van der Waals surface area contributed by atoms with Gasteiger partial charge in [0.15, 0.2) is 0 Å². The normalized spacial score (nSPS) is 6.17. The molecule has 0 aliphatic heterocycles. The molecule has 0 fully saturated rings. The Morgan fingerprint density at radius 2 is 1.17 bits per heavy atom. The third-order valence-corrected chi connectivity index (χ3v) is 0. The third-order valence-electron chi connectivity index (χ3n) is 0. The minimum atomic E-state index is -1.08. The first-order valence-corrected chi connectivity index (χ1v) is 3.94. The van der Waals surface area contributed by atoms with Crippen LogP contribution in [0.5, 0.6) is 0 Å². The fourth-order valence-corrected chi connectivity index (χ4v) is 0. The molecule has 0 N–H and O–H groups in total. The van der Waals surface area contributed by atoms with E-state index in [0.717, 1.165) is 13.8 Å². The van der Waals surface area contributed by atoms with Gasteiger partial charge in [-0.25, -0.2) is 0 Å². The van der Waals surface area contributed by atoms with Crippen molar-refractivity contribution in [3.8, 4) is 0 Å². The van der Waals surface area contributed by atoms with Crippen molar-refractivity contribution in [2.24, 2.45) is 0 Å². The van der Waals surface area contributed by atoms with Gasteiger partial charge in [-0.15, -0.1) is 0 Å². The number of hydrogen-bond acceptors (Lipinski definition) is 6. The molecule has 0 bridgehead atoms. The van der Waals surface area contributed by atoms with Gasteiger partial charge in [-0.05, 0) is 13.8 Å². The number of carbonyl (C=O) groups excluding carboxylic acids is 2. The monoisotopic (exact) mass is 373 g/mol. The Labute approximate surface area is 83.8 Å². The van der Waals surface area contributed by atoms with Crippen LogP contribution in [0.15, 0.2) is 0 Å². The Bertz CT molecular complexity index is 117. The summed E-state index contributed by atoms with van der Waals surface area (Å²) in [6.45, 7) is 1.94. The summed E-state index contributed by atoms with van der Waals surface area (Å²) in [6.07, 6.45) is 0. The second-order valence-corrected chi connectivity index (χ2v) is 2.49. The van der Waals surface area contributed by atoms with Crippen molar-refractivity contribution < 1.29 is 22.7 Å². The maximum absolute atomic E-state index is 8.89. The van der Waals surface area contributed by atoms with Crippen molar-refractivity contribution in [1.82, 2.24) is 0 Å². The molecule has 8 heteroatoms. The van der Waals surface area contributed by atoms with Gasteiger partial charge >= 0.3 is 38.0 Å². The Balaban J connectivity index is -0.000000101. The van der Waals surface area contributed by atoms with Gasteiger partial charge in [-0.1, -0.05) is 0 Å². The van der Waals surface area contributed by atoms with Gasteiger partial charge in [0.1, 0.15) is 0 Å². The second kappa shape index (κ2) is 12.9. The van der Waals surface area contributed by atoms with E-state index in [2.05, 4.69) is 0 Å². The van der Waals surface area contributed by atoms with Crippen molar-refractivity contribution in [2.45, 2.75) is 13.8 Å². The zero-order valence-corrected chi connectivity index (χ0v) is 9.82. The second-order valence-electron chi connectivity index (χ2n) is 1.22. The van der Waals surface area contributed by atoms with Gasteiger partial charge in [0.25, 0.3) is 0 Å². The summed E-state index contributed by atoms with van der Waals surface area (Å²) in [7, 11) is 0. The third kappa shape index (κ3) is 1030. The molecular weight excluding hydrogens is 367 g/mol. The molecule has 0 aromatic heterocycles. The number of hydrogen-bond donors (Lipinski definition) is 0. The van der Waals surface area contributed by atoms with Crippen molar-refractivity contribution in [2.75, 3.05) is 0 Å². The van der Waals surface area contributed by atoms with E-state index in [1.807, 2.05) is 0 Å². The van der Waals surface area contributed by atoms with Crippen LogP contribution in [0.1, 0.15) is 13.8 Å². The van der Waals surface area contributed by atoms with E-state index >= 15 is 0 Å². The molecule has 7 nitrogen and oxygen atoms in total. The van der Waals surface area contributed by atoms with Crippen LogP contribution in [0, 0.1) is 10.1 Å². The maximum atomic E-state index is 8.89. The van der Waals surface area contributed by atoms with Crippen LogP contribution < -0.4 is 10.2 Å². The average molecular weight is 373 g/mol. The molecular formula is C4H6BiNO6. The average Bonchev–Trinajstić information content (AvgIpc) is 1.54. The Morgan fingerprint density at radius 1 is 1.17 bits per heavy atom. The van der Waals surface area contributed by atoms with Crippen LogP contribution in [0.2, 0.25) is 0 Å². The molecule has 0 aromatic rings. The van der Waals surface area contributed by atoms with E-state index in [1.165, 1.54) is 0 Å². The van der Waals surface area contributed by atoms with E-state index in [0.29, 0.717) is 0 Å². The summed E-state index contributed by atoms with van der Waals surface area (Å²) in [5.41, 5.74) is 0. The quantitative estimate of drug-likeness (QED) is 0.251. The first-order valence-electron chi connectivity index (χ1n) is 2.38. The van der Waals surface area contributed by atoms with Crippen LogP contribution in [-0.4, -0.2) is 39.8 Å². The van der Waals surface area contributed by atoms with Gasteiger partial charge in [0.2, 0.25) is 0 Å². The first-order chi connectivity index (χ1) is 5.20. The van der Waals surface area contributed by atoms with E-state index in [4.69, 9.17) is 29.9 Å². The topological polar surface area (TPSA) is 123 Å². The number of carbonyl (C=O) groups is 2. The van der Waals surface area contributed by atoms with Gasteiger partial charge in [-0.2, -0.15) is 0 Å². The molecule has 0 heterocycles. The molecule has 0 spiro atoms. The Hall–Kier alpha value is -0.777. The molecule has 0 rings (SSSR count). The van der Waals surface area contributed by atoms with Crippen LogP contribution in [0.4, 0.5) is 0 Å². The molecule has 0 saturated heterocycles. The van der Waals surface area contributed by atoms with Crippen molar-refractivity contribution in [1.29, 1.82) is 0 Å². The van der Waals surface area contributed by atoms with Crippen LogP contribution in [0.3, 0.4) is 0 Å². The summed E-state index contributed by atoms with van der Waals surface area (Å²) in [4.78, 5) is 26.6. The summed E-state index contributed by atoms with van der Waals surface area (Å²) < 4.78 is -0.389. The standard InChI is InChI=1S/2C2H4O2.Bi.NO2/c2*1-2(3)4;;2-1-3/h2*1H3,(H,3,4);;/q;;+2;/p-2. The molecule has 0 saturated carbocycles.